The number of rotatable bonds is 7. The average Bonchev–Trinajstić information content (AvgIpc) is 2.96. The zero-order chi connectivity index (χ0) is 15.9. The summed E-state index contributed by atoms with van der Waals surface area (Å²) in [6.45, 7) is 4.57. The Morgan fingerprint density at radius 3 is 2.86 bits per heavy atom. The molecule has 22 heavy (non-hydrogen) atoms. The Bertz CT molecular complexity index is 624. The molecule has 118 valence electrons. The van der Waals surface area contributed by atoms with Crippen molar-refractivity contribution in [3.05, 3.63) is 42.0 Å². The SMILES string of the molecule is CCC(C)c1ccccc1OCC(=O)NCc1ncn(C)n1. The predicted octanol–water partition coefficient (Wildman–Crippen LogP) is 2.02. The smallest absolute Gasteiger partial charge is 0.258 e. The van der Waals surface area contributed by atoms with E-state index in [2.05, 4.69) is 29.2 Å². The van der Waals surface area contributed by atoms with Crippen LogP contribution in [0.15, 0.2) is 30.6 Å². The number of hydrogen-bond donors (Lipinski definition) is 1. The van der Waals surface area contributed by atoms with Gasteiger partial charge in [0.25, 0.3) is 5.91 Å². The van der Waals surface area contributed by atoms with Crippen LogP contribution in [0.4, 0.5) is 0 Å². The molecule has 1 aromatic heterocycles. The Hall–Kier alpha value is -2.37. The number of aryl methyl sites for hydroxylation is 1. The molecule has 0 saturated carbocycles. The molecule has 1 aromatic carbocycles. The largest absolute Gasteiger partial charge is 0.483 e. The van der Waals surface area contributed by atoms with Crippen LogP contribution in [-0.2, 0) is 18.4 Å². The van der Waals surface area contributed by atoms with Crippen molar-refractivity contribution in [2.45, 2.75) is 32.7 Å². The topological polar surface area (TPSA) is 69.0 Å². The van der Waals surface area contributed by atoms with Gasteiger partial charge < -0.3 is 10.1 Å². The van der Waals surface area contributed by atoms with Crippen LogP contribution in [0.1, 0.15) is 37.6 Å². The maximum absolute atomic E-state index is 11.8. The quantitative estimate of drug-likeness (QED) is 0.849. The van der Waals surface area contributed by atoms with Gasteiger partial charge in [-0.05, 0) is 24.0 Å². The first-order chi connectivity index (χ1) is 10.6. The van der Waals surface area contributed by atoms with Crippen LogP contribution in [0.5, 0.6) is 5.75 Å². The Labute approximate surface area is 130 Å². The molecule has 1 heterocycles. The van der Waals surface area contributed by atoms with Crippen molar-refractivity contribution < 1.29 is 9.53 Å². The third-order valence-corrected chi connectivity index (χ3v) is 3.51. The maximum atomic E-state index is 11.8. The first-order valence-corrected chi connectivity index (χ1v) is 7.43. The Morgan fingerprint density at radius 2 is 2.18 bits per heavy atom. The first-order valence-electron chi connectivity index (χ1n) is 7.43. The standard InChI is InChI=1S/C16H22N4O2/c1-4-12(2)13-7-5-6-8-14(13)22-10-16(21)17-9-15-18-11-20(3)19-15/h5-8,11-12H,4,9-10H2,1-3H3,(H,17,21). The van der Waals surface area contributed by atoms with Crippen molar-refractivity contribution in [3.63, 3.8) is 0 Å². The van der Waals surface area contributed by atoms with Gasteiger partial charge in [-0.25, -0.2) is 4.98 Å². The molecule has 0 fully saturated rings. The number of carbonyl (C=O) groups is 1. The van der Waals surface area contributed by atoms with E-state index in [9.17, 15) is 4.79 Å². The van der Waals surface area contributed by atoms with E-state index in [1.807, 2.05) is 24.3 Å². The van der Waals surface area contributed by atoms with Crippen LogP contribution in [0.3, 0.4) is 0 Å². The summed E-state index contributed by atoms with van der Waals surface area (Å²) < 4.78 is 7.26. The summed E-state index contributed by atoms with van der Waals surface area (Å²) in [6, 6.07) is 7.84. The number of hydrogen-bond acceptors (Lipinski definition) is 4. The Balaban J connectivity index is 1.86. The summed E-state index contributed by atoms with van der Waals surface area (Å²) in [4.78, 5) is 15.9. The minimum absolute atomic E-state index is 0.0136. The van der Waals surface area contributed by atoms with Crippen molar-refractivity contribution in [3.8, 4) is 5.75 Å². The lowest BCUT2D eigenvalue weighted by atomic mass is 9.98. The second-order valence-corrected chi connectivity index (χ2v) is 5.25. The second kappa shape index (κ2) is 7.59. The normalized spacial score (nSPS) is 12.0. The molecule has 6 nitrogen and oxygen atoms in total. The highest BCUT2D eigenvalue weighted by Crippen LogP contribution is 2.28. The number of para-hydroxylation sites is 1. The van der Waals surface area contributed by atoms with E-state index in [0.717, 1.165) is 17.7 Å². The van der Waals surface area contributed by atoms with E-state index in [1.165, 1.54) is 0 Å². The summed E-state index contributed by atoms with van der Waals surface area (Å²) in [5.41, 5.74) is 1.13. The summed E-state index contributed by atoms with van der Waals surface area (Å²) in [5, 5.41) is 6.84. The van der Waals surface area contributed by atoms with Crippen molar-refractivity contribution in [2.75, 3.05) is 6.61 Å². The summed E-state index contributed by atoms with van der Waals surface area (Å²) in [7, 11) is 1.78. The van der Waals surface area contributed by atoms with Crippen molar-refractivity contribution >= 4 is 5.91 Å². The number of nitrogens with zero attached hydrogens (tertiary/aromatic N) is 3. The van der Waals surface area contributed by atoms with Crippen LogP contribution in [0.25, 0.3) is 0 Å². The van der Waals surface area contributed by atoms with Gasteiger partial charge in [0.2, 0.25) is 0 Å². The van der Waals surface area contributed by atoms with E-state index in [1.54, 1.807) is 18.1 Å². The van der Waals surface area contributed by atoms with Gasteiger partial charge >= 0.3 is 0 Å². The van der Waals surface area contributed by atoms with Crippen LogP contribution < -0.4 is 10.1 Å². The van der Waals surface area contributed by atoms with Gasteiger partial charge in [0.15, 0.2) is 12.4 Å². The zero-order valence-electron chi connectivity index (χ0n) is 13.2. The molecule has 1 atom stereocenters. The lowest BCUT2D eigenvalue weighted by Crippen LogP contribution is -2.29. The fourth-order valence-electron chi connectivity index (χ4n) is 2.08. The minimum Gasteiger partial charge on any atom is -0.483 e. The number of carbonyl (C=O) groups excluding carboxylic acids is 1. The van der Waals surface area contributed by atoms with Crippen LogP contribution in [0, 0.1) is 0 Å². The van der Waals surface area contributed by atoms with Gasteiger partial charge in [-0.3, -0.25) is 9.48 Å². The minimum atomic E-state index is -0.189. The van der Waals surface area contributed by atoms with Crippen LogP contribution >= 0.6 is 0 Å². The second-order valence-electron chi connectivity index (χ2n) is 5.25. The van der Waals surface area contributed by atoms with Gasteiger partial charge in [-0.2, -0.15) is 5.10 Å². The van der Waals surface area contributed by atoms with Crippen LogP contribution in [-0.4, -0.2) is 27.3 Å². The summed E-state index contributed by atoms with van der Waals surface area (Å²) in [5.74, 6) is 1.56. The number of ether oxygens (including phenoxy) is 1. The number of aromatic nitrogens is 3. The number of nitrogens with one attached hydrogen (secondary N) is 1. The fourth-order valence-corrected chi connectivity index (χ4v) is 2.08. The number of benzene rings is 1. The maximum Gasteiger partial charge on any atom is 0.258 e. The average molecular weight is 302 g/mol. The molecular weight excluding hydrogens is 280 g/mol. The van der Waals surface area contributed by atoms with Crippen molar-refractivity contribution in [2.24, 2.45) is 7.05 Å². The summed E-state index contributed by atoms with van der Waals surface area (Å²) in [6.07, 6.45) is 2.62. The molecule has 0 bridgehead atoms. The van der Waals surface area contributed by atoms with Crippen molar-refractivity contribution in [1.82, 2.24) is 20.1 Å². The van der Waals surface area contributed by atoms with Gasteiger partial charge in [0.1, 0.15) is 12.1 Å². The summed E-state index contributed by atoms with van der Waals surface area (Å²) >= 11 is 0. The van der Waals surface area contributed by atoms with E-state index >= 15 is 0 Å². The number of amides is 1. The Kier molecular flexibility index (Phi) is 5.52. The molecular formula is C16H22N4O2. The highest BCUT2D eigenvalue weighted by atomic mass is 16.5. The molecule has 0 saturated heterocycles. The molecule has 2 rings (SSSR count). The molecule has 0 spiro atoms. The molecule has 1 unspecified atom stereocenters. The highest BCUT2D eigenvalue weighted by Gasteiger charge is 2.11. The predicted molar refractivity (Wildman–Crippen MR) is 83.5 cm³/mol. The lowest BCUT2D eigenvalue weighted by Gasteiger charge is -2.15. The van der Waals surface area contributed by atoms with Gasteiger partial charge in [-0.1, -0.05) is 32.0 Å². The van der Waals surface area contributed by atoms with Gasteiger partial charge in [-0.15, -0.1) is 0 Å². The van der Waals surface area contributed by atoms with E-state index in [-0.39, 0.29) is 12.5 Å². The monoisotopic (exact) mass is 302 g/mol. The lowest BCUT2D eigenvalue weighted by molar-refractivity contribution is -0.123. The van der Waals surface area contributed by atoms with Crippen molar-refractivity contribution in [1.29, 1.82) is 0 Å². The van der Waals surface area contributed by atoms with E-state index in [4.69, 9.17) is 4.74 Å². The van der Waals surface area contributed by atoms with E-state index < -0.39 is 0 Å². The molecule has 1 N–H and O–H groups in total. The third-order valence-electron chi connectivity index (χ3n) is 3.51. The Morgan fingerprint density at radius 1 is 1.41 bits per heavy atom. The molecule has 0 aliphatic rings. The fraction of sp³-hybridized carbons (Fsp3) is 0.438. The molecule has 0 radical (unpaired) electrons. The molecule has 0 aliphatic carbocycles. The van der Waals surface area contributed by atoms with Crippen LogP contribution in [0.2, 0.25) is 0 Å². The third kappa shape index (κ3) is 4.31. The van der Waals surface area contributed by atoms with E-state index in [0.29, 0.717) is 18.3 Å². The molecule has 1 amide bonds. The zero-order valence-corrected chi connectivity index (χ0v) is 13.2. The first kappa shape index (κ1) is 16.0. The highest BCUT2D eigenvalue weighted by molar-refractivity contribution is 5.77. The molecule has 2 aromatic rings. The van der Waals surface area contributed by atoms with Gasteiger partial charge in [0.05, 0.1) is 6.54 Å². The molecule has 0 aliphatic heterocycles. The molecule has 6 heteroatoms. The van der Waals surface area contributed by atoms with Gasteiger partial charge in [0, 0.05) is 7.05 Å².